The first kappa shape index (κ1) is 10.3. The van der Waals surface area contributed by atoms with Crippen molar-refractivity contribution in [1.82, 2.24) is 0 Å². The molecule has 0 spiro atoms. The second-order valence-corrected chi connectivity index (χ2v) is 2.78. The highest BCUT2D eigenvalue weighted by Crippen LogP contribution is 2.22. The molecule has 0 bridgehead atoms. The lowest BCUT2D eigenvalue weighted by molar-refractivity contribution is 0.0695. The summed E-state index contributed by atoms with van der Waals surface area (Å²) in [5, 5.41) is 8.92. The van der Waals surface area contributed by atoms with Gasteiger partial charge in [0.25, 0.3) is 0 Å². The quantitative estimate of drug-likeness (QED) is 0.743. The molecule has 0 aliphatic heterocycles. The van der Waals surface area contributed by atoms with Crippen molar-refractivity contribution in [3.05, 3.63) is 42.0 Å². The van der Waals surface area contributed by atoms with E-state index in [9.17, 15) is 4.79 Å². The van der Waals surface area contributed by atoms with Gasteiger partial charge in [0.05, 0.1) is 12.7 Å². The minimum Gasteiger partial charge on any atom is -0.496 e. The number of carboxylic acids is 1. The molecule has 3 nitrogen and oxygen atoms in total. The minimum absolute atomic E-state index is 0.268. The third-order valence-electron chi connectivity index (χ3n) is 1.93. The van der Waals surface area contributed by atoms with E-state index in [-0.39, 0.29) is 5.56 Å². The van der Waals surface area contributed by atoms with Gasteiger partial charge in [-0.3, -0.25) is 0 Å². The zero-order chi connectivity index (χ0) is 10.6. The van der Waals surface area contributed by atoms with Crippen molar-refractivity contribution < 1.29 is 14.6 Å². The van der Waals surface area contributed by atoms with Crippen molar-refractivity contribution in [2.24, 2.45) is 0 Å². The van der Waals surface area contributed by atoms with Gasteiger partial charge < -0.3 is 9.84 Å². The summed E-state index contributed by atoms with van der Waals surface area (Å²) in [7, 11) is 1.52. The second kappa shape index (κ2) is 4.46. The normalized spacial score (nSPS) is 9.50. The topological polar surface area (TPSA) is 46.5 Å². The van der Waals surface area contributed by atoms with Crippen LogP contribution in [0.2, 0.25) is 0 Å². The molecule has 0 heterocycles. The van der Waals surface area contributed by atoms with E-state index in [4.69, 9.17) is 9.84 Å². The Bertz CT molecular complexity index is 356. The van der Waals surface area contributed by atoms with Gasteiger partial charge in [0.1, 0.15) is 5.75 Å². The van der Waals surface area contributed by atoms with Gasteiger partial charge in [-0.25, -0.2) is 4.79 Å². The van der Waals surface area contributed by atoms with Crippen LogP contribution in [-0.2, 0) is 6.42 Å². The van der Waals surface area contributed by atoms with Crippen molar-refractivity contribution in [2.75, 3.05) is 7.11 Å². The zero-order valence-electron chi connectivity index (χ0n) is 7.99. The Morgan fingerprint density at radius 1 is 1.64 bits per heavy atom. The number of rotatable bonds is 4. The summed E-state index contributed by atoms with van der Waals surface area (Å²) < 4.78 is 5.08. The summed E-state index contributed by atoms with van der Waals surface area (Å²) in [6.07, 6.45) is 2.15. The van der Waals surface area contributed by atoms with Crippen molar-refractivity contribution in [1.29, 1.82) is 0 Å². The number of hydrogen-bond donors (Lipinski definition) is 1. The summed E-state index contributed by atoms with van der Waals surface area (Å²) in [5.41, 5.74) is 0.932. The van der Waals surface area contributed by atoms with E-state index in [1.54, 1.807) is 24.3 Å². The molecule has 0 amide bonds. The maximum atomic E-state index is 10.9. The van der Waals surface area contributed by atoms with Crippen LogP contribution in [0.1, 0.15) is 15.9 Å². The Kier molecular flexibility index (Phi) is 3.29. The van der Waals surface area contributed by atoms with Gasteiger partial charge in [-0.2, -0.15) is 0 Å². The number of methoxy groups -OCH3 is 1. The van der Waals surface area contributed by atoms with E-state index < -0.39 is 5.97 Å². The first-order valence-electron chi connectivity index (χ1n) is 4.20. The Balaban J connectivity index is 3.27. The Labute approximate surface area is 82.6 Å². The van der Waals surface area contributed by atoms with Crippen LogP contribution in [0.4, 0.5) is 0 Å². The fourth-order valence-corrected chi connectivity index (χ4v) is 1.31. The van der Waals surface area contributed by atoms with Crippen molar-refractivity contribution >= 4 is 5.97 Å². The van der Waals surface area contributed by atoms with Crippen molar-refractivity contribution in [2.45, 2.75) is 6.42 Å². The van der Waals surface area contributed by atoms with E-state index in [2.05, 4.69) is 6.58 Å². The van der Waals surface area contributed by atoms with Crippen molar-refractivity contribution in [3.8, 4) is 5.75 Å². The summed E-state index contributed by atoms with van der Waals surface area (Å²) in [5.74, 6) is -0.356. The standard InChI is InChI=1S/C11H12O3/c1-3-5-8-9(11(12)13)6-4-7-10(8)14-2/h3-4,6-7H,1,5H2,2H3,(H,12,13). The molecule has 0 radical (unpaired) electrons. The van der Waals surface area contributed by atoms with E-state index in [0.29, 0.717) is 17.7 Å². The number of carboxylic acid groups (broad SMARTS) is 1. The molecule has 1 N–H and O–H groups in total. The van der Waals surface area contributed by atoms with E-state index in [1.807, 2.05) is 0 Å². The van der Waals surface area contributed by atoms with E-state index in [1.165, 1.54) is 7.11 Å². The number of hydrogen-bond acceptors (Lipinski definition) is 2. The Morgan fingerprint density at radius 3 is 2.86 bits per heavy atom. The molecule has 0 fully saturated rings. The van der Waals surface area contributed by atoms with Gasteiger partial charge in [-0.05, 0) is 18.6 Å². The van der Waals surface area contributed by atoms with Gasteiger partial charge in [0, 0.05) is 5.56 Å². The third kappa shape index (κ3) is 1.93. The highest BCUT2D eigenvalue weighted by molar-refractivity contribution is 5.90. The maximum absolute atomic E-state index is 10.9. The Hall–Kier alpha value is -1.77. The molecule has 0 atom stereocenters. The molecule has 0 saturated carbocycles. The SMILES string of the molecule is C=CCc1c(OC)cccc1C(=O)O. The van der Waals surface area contributed by atoms with Crippen LogP contribution in [0.15, 0.2) is 30.9 Å². The molecule has 14 heavy (non-hydrogen) atoms. The molecule has 0 aromatic heterocycles. The average molecular weight is 192 g/mol. The number of allylic oxidation sites excluding steroid dienone is 1. The second-order valence-electron chi connectivity index (χ2n) is 2.78. The van der Waals surface area contributed by atoms with Crippen LogP contribution in [-0.4, -0.2) is 18.2 Å². The first-order chi connectivity index (χ1) is 6.70. The van der Waals surface area contributed by atoms with Crippen LogP contribution < -0.4 is 4.74 Å². The predicted octanol–water partition coefficient (Wildman–Crippen LogP) is 2.12. The van der Waals surface area contributed by atoms with Crippen LogP contribution >= 0.6 is 0 Å². The molecule has 0 unspecified atom stereocenters. The average Bonchev–Trinajstić information content (AvgIpc) is 2.18. The van der Waals surface area contributed by atoms with Crippen LogP contribution in [0.25, 0.3) is 0 Å². The monoisotopic (exact) mass is 192 g/mol. The predicted molar refractivity (Wildman–Crippen MR) is 53.9 cm³/mol. The Morgan fingerprint density at radius 2 is 2.36 bits per heavy atom. The molecule has 0 aliphatic rings. The molecular formula is C11H12O3. The fourth-order valence-electron chi connectivity index (χ4n) is 1.31. The highest BCUT2D eigenvalue weighted by Gasteiger charge is 2.12. The van der Waals surface area contributed by atoms with Crippen molar-refractivity contribution in [3.63, 3.8) is 0 Å². The summed E-state index contributed by atoms with van der Waals surface area (Å²) in [6.45, 7) is 3.58. The lowest BCUT2D eigenvalue weighted by Crippen LogP contribution is -2.03. The summed E-state index contributed by atoms with van der Waals surface area (Å²) in [6, 6.07) is 4.96. The molecule has 1 rings (SSSR count). The number of carbonyl (C=O) groups is 1. The number of benzene rings is 1. The third-order valence-corrected chi connectivity index (χ3v) is 1.93. The van der Waals surface area contributed by atoms with Gasteiger partial charge >= 0.3 is 5.97 Å². The van der Waals surface area contributed by atoms with E-state index >= 15 is 0 Å². The minimum atomic E-state index is -0.944. The zero-order valence-corrected chi connectivity index (χ0v) is 7.99. The lowest BCUT2D eigenvalue weighted by atomic mass is 10.0. The lowest BCUT2D eigenvalue weighted by Gasteiger charge is -2.09. The number of ether oxygens (including phenoxy) is 1. The summed E-state index contributed by atoms with van der Waals surface area (Å²) >= 11 is 0. The summed E-state index contributed by atoms with van der Waals surface area (Å²) in [4.78, 5) is 10.9. The maximum Gasteiger partial charge on any atom is 0.336 e. The molecular weight excluding hydrogens is 180 g/mol. The van der Waals surface area contributed by atoms with Gasteiger partial charge in [0.2, 0.25) is 0 Å². The fraction of sp³-hybridized carbons (Fsp3) is 0.182. The van der Waals surface area contributed by atoms with Gasteiger partial charge in [-0.1, -0.05) is 12.1 Å². The first-order valence-corrected chi connectivity index (χ1v) is 4.20. The van der Waals surface area contributed by atoms with Gasteiger partial charge in [-0.15, -0.1) is 6.58 Å². The smallest absolute Gasteiger partial charge is 0.336 e. The molecule has 3 heteroatoms. The molecule has 74 valence electrons. The van der Waals surface area contributed by atoms with Crippen LogP contribution in [0.5, 0.6) is 5.75 Å². The largest absolute Gasteiger partial charge is 0.496 e. The van der Waals surface area contributed by atoms with Crippen LogP contribution in [0, 0.1) is 0 Å². The highest BCUT2D eigenvalue weighted by atomic mass is 16.5. The van der Waals surface area contributed by atoms with E-state index in [0.717, 1.165) is 0 Å². The molecule has 1 aromatic carbocycles. The number of aromatic carboxylic acids is 1. The molecule has 1 aromatic rings. The van der Waals surface area contributed by atoms with Gasteiger partial charge in [0.15, 0.2) is 0 Å². The van der Waals surface area contributed by atoms with Crippen LogP contribution in [0.3, 0.4) is 0 Å². The molecule has 0 aliphatic carbocycles. The molecule has 0 saturated heterocycles.